The molecule has 1 rings (SSSR count). The first-order chi connectivity index (χ1) is 10.2. The second-order valence-electron chi connectivity index (χ2n) is 6.20. The van der Waals surface area contributed by atoms with E-state index in [4.69, 9.17) is 5.73 Å². The molecule has 1 atom stereocenters. The lowest BCUT2D eigenvalue weighted by molar-refractivity contribution is -0.122. The van der Waals surface area contributed by atoms with Crippen LogP contribution in [-0.4, -0.2) is 67.6 Å². The first-order valence-corrected chi connectivity index (χ1v) is 8.59. The van der Waals surface area contributed by atoms with Gasteiger partial charge in [0.25, 0.3) is 0 Å². The number of hydrogen-bond donors (Lipinski definition) is 2. The molecule has 1 aliphatic rings. The minimum Gasteiger partial charge on any atom is -0.353 e. The summed E-state index contributed by atoms with van der Waals surface area (Å²) in [7, 11) is 0. The van der Waals surface area contributed by atoms with Gasteiger partial charge in [0.1, 0.15) is 0 Å². The number of rotatable bonds is 9. The van der Waals surface area contributed by atoms with Crippen LogP contribution < -0.4 is 11.1 Å². The van der Waals surface area contributed by atoms with Crippen LogP contribution in [0, 0.1) is 0 Å². The molecule has 1 saturated heterocycles. The van der Waals surface area contributed by atoms with Crippen LogP contribution in [0.5, 0.6) is 0 Å². The van der Waals surface area contributed by atoms with Crippen molar-refractivity contribution in [1.82, 2.24) is 15.1 Å². The van der Waals surface area contributed by atoms with Crippen LogP contribution in [0.1, 0.15) is 46.0 Å². The van der Waals surface area contributed by atoms with Crippen molar-refractivity contribution in [3.63, 3.8) is 0 Å². The van der Waals surface area contributed by atoms with Gasteiger partial charge in [0.05, 0.1) is 6.54 Å². The molecule has 124 valence electrons. The zero-order chi connectivity index (χ0) is 15.5. The molecule has 1 fully saturated rings. The number of unbranched alkanes of at least 4 members (excludes halogenated alkanes) is 2. The van der Waals surface area contributed by atoms with Gasteiger partial charge in [-0.05, 0) is 58.8 Å². The van der Waals surface area contributed by atoms with E-state index >= 15 is 0 Å². The Morgan fingerprint density at radius 1 is 1.14 bits per heavy atom. The number of carbonyl (C=O) groups is 1. The van der Waals surface area contributed by atoms with Crippen LogP contribution in [0.4, 0.5) is 0 Å². The SMILES string of the molecule is CCC(C)NC(=O)CN1CCCN(CCCCCN)CC1. The Balaban J connectivity index is 2.21. The van der Waals surface area contributed by atoms with Gasteiger partial charge in [-0.2, -0.15) is 0 Å². The van der Waals surface area contributed by atoms with Crippen LogP contribution in [0.2, 0.25) is 0 Å². The second kappa shape index (κ2) is 11.0. The highest BCUT2D eigenvalue weighted by Crippen LogP contribution is 2.05. The molecule has 0 aromatic rings. The molecule has 0 saturated carbocycles. The third kappa shape index (κ3) is 8.39. The monoisotopic (exact) mass is 298 g/mol. The average molecular weight is 298 g/mol. The first kappa shape index (κ1) is 18.4. The molecular formula is C16H34N4O. The van der Waals surface area contributed by atoms with Crippen molar-refractivity contribution in [2.45, 2.75) is 52.0 Å². The van der Waals surface area contributed by atoms with E-state index in [0.717, 1.165) is 52.0 Å². The smallest absolute Gasteiger partial charge is 0.234 e. The first-order valence-electron chi connectivity index (χ1n) is 8.59. The van der Waals surface area contributed by atoms with Gasteiger partial charge in [0.15, 0.2) is 0 Å². The van der Waals surface area contributed by atoms with E-state index in [9.17, 15) is 4.79 Å². The predicted molar refractivity (Wildman–Crippen MR) is 88.3 cm³/mol. The molecule has 1 heterocycles. The van der Waals surface area contributed by atoms with E-state index < -0.39 is 0 Å². The Hall–Kier alpha value is -0.650. The van der Waals surface area contributed by atoms with E-state index in [1.165, 1.54) is 19.4 Å². The fourth-order valence-electron chi connectivity index (χ4n) is 2.69. The summed E-state index contributed by atoms with van der Waals surface area (Å²) in [5.41, 5.74) is 5.52. The number of amides is 1. The number of nitrogens with one attached hydrogen (secondary N) is 1. The highest BCUT2D eigenvalue weighted by molar-refractivity contribution is 5.78. The largest absolute Gasteiger partial charge is 0.353 e. The Labute approximate surface area is 130 Å². The molecule has 0 aromatic carbocycles. The van der Waals surface area contributed by atoms with Gasteiger partial charge < -0.3 is 16.0 Å². The van der Waals surface area contributed by atoms with Crippen molar-refractivity contribution in [3.8, 4) is 0 Å². The summed E-state index contributed by atoms with van der Waals surface area (Å²) < 4.78 is 0. The number of hydrogen-bond acceptors (Lipinski definition) is 4. The number of carbonyl (C=O) groups excluding carboxylic acids is 1. The van der Waals surface area contributed by atoms with Crippen molar-refractivity contribution in [2.24, 2.45) is 5.73 Å². The van der Waals surface area contributed by atoms with Crippen molar-refractivity contribution >= 4 is 5.91 Å². The van der Waals surface area contributed by atoms with E-state index in [1.807, 2.05) is 0 Å². The van der Waals surface area contributed by atoms with Crippen LogP contribution in [0.3, 0.4) is 0 Å². The summed E-state index contributed by atoms with van der Waals surface area (Å²) in [6.07, 6.45) is 5.76. The zero-order valence-electron chi connectivity index (χ0n) is 13.9. The van der Waals surface area contributed by atoms with Crippen molar-refractivity contribution in [1.29, 1.82) is 0 Å². The molecule has 5 nitrogen and oxygen atoms in total. The van der Waals surface area contributed by atoms with E-state index in [-0.39, 0.29) is 11.9 Å². The van der Waals surface area contributed by atoms with Gasteiger partial charge in [-0.25, -0.2) is 0 Å². The molecule has 1 aliphatic heterocycles. The summed E-state index contributed by atoms with van der Waals surface area (Å²) in [6, 6.07) is 0.281. The van der Waals surface area contributed by atoms with Gasteiger partial charge in [-0.1, -0.05) is 13.3 Å². The fraction of sp³-hybridized carbons (Fsp3) is 0.938. The molecular weight excluding hydrogens is 264 g/mol. The van der Waals surface area contributed by atoms with Gasteiger partial charge in [-0.15, -0.1) is 0 Å². The molecule has 0 aliphatic carbocycles. The van der Waals surface area contributed by atoms with Crippen LogP contribution >= 0.6 is 0 Å². The zero-order valence-corrected chi connectivity index (χ0v) is 13.9. The summed E-state index contributed by atoms with van der Waals surface area (Å²) >= 11 is 0. The van der Waals surface area contributed by atoms with Crippen molar-refractivity contribution in [3.05, 3.63) is 0 Å². The summed E-state index contributed by atoms with van der Waals surface area (Å²) in [5, 5.41) is 3.05. The lowest BCUT2D eigenvalue weighted by atomic mass is 10.2. The second-order valence-corrected chi connectivity index (χ2v) is 6.20. The third-order valence-corrected chi connectivity index (χ3v) is 4.25. The molecule has 3 N–H and O–H groups in total. The van der Waals surface area contributed by atoms with Crippen LogP contribution in [0.15, 0.2) is 0 Å². The maximum absolute atomic E-state index is 11.9. The van der Waals surface area contributed by atoms with Crippen molar-refractivity contribution < 1.29 is 4.79 Å². The van der Waals surface area contributed by atoms with Gasteiger partial charge in [0.2, 0.25) is 5.91 Å². The summed E-state index contributed by atoms with van der Waals surface area (Å²) in [4.78, 5) is 16.8. The lowest BCUT2D eigenvalue weighted by Gasteiger charge is -2.22. The highest BCUT2D eigenvalue weighted by atomic mass is 16.2. The van der Waals surface area contributed by atoms with E-state index in [2.05, 4.69) is 29.0 Å². The van der Waals surface area contributed by atoms with Crippen LogP contribution in [0.25, 0.3) is 0 Å². The van der Waals surface area contributed by atoms with E-state index in [0.29, 0.717) is 6.54 Å². The van der Waals surface area contributed by atoms with Gasteiger partial charge in [0, 0.05) is 19.1 Å². The predicted octanol–water partition coefficient (Wildman–Crippen LogP) is 1.04. The average Bonchev–Trinajstić information content (AvgIpc) is 2.69. The lowest BCUT2D eigenvalue weighted by Crippen LogP contribution is -2.42. The normalized spacial score (nSPS) is 19.2. The standard InChI is InChI=1S/C16H34N4O/c1-3-15(2)18-16(21)14-20-11-7-10-19(12-13-20)9-6-4-5-8-17/h15H,3-14,17H2,1-2H3,(H,18,21). The minimum absolute atomic E-state index is 0.167. The highest BCUT2D eigenvalue weighted by Gasteiger charge is 2.17. The number of nitrogens with two attached hydrogens (primary N) is 1. The number of nitrogens with zero attached hydrogens (tertiary/aromatic N) is 2. The Bertz CT molecular complexity index is 285. The Morgan fingerprint density at radius 2 is 1.86 bits per heavy atom. The third-order valence-electron chi connectivity index (χ3n) is 4.25. The molecule has 1 amide bonds. The molecule has 0 bridgehead atoms. The van der Waals surface area contributed by atoms with Gasteiger partial charge in [-0.3, -0.25) is 9.69 Å². The molecule has 21 heavy (non-hydrogen) atoms. The van der Waals surface area contributed by atoms with Crippen molar-refractivity contribution in [2.75, 3.05) is 45.8 Å². The minimum atomic E-state index is 0.167. The van der Waals surface area contributed by atoms with Crippen LogP contribution in [-0.2, 0) is 4.79 Å². The molecule has 0 spiro atoms. The quantitative estimate of drug-likeness (QED) is 0.624. The summed E-state index contributed by atoms with van der Waals surface area (Å²) in [6.45, 7) is 11.0. The summed E-state index contributed by atoms with van der Waals surface area (Å²) in [5.74, 6) is 0.167. The molecule has 0 radical (unpaired) electrons. The Morgan fingerprint density at radius 3 is 2.57 bits per heavy atom. The maximum atomic E-state index is 11.9. The van der Waals surface area contributed by atoms with Gasteiger partial charge >= 0.3 is 0 Å². The molecule has 1 unspecified atom stereocenters. The Kier molecular flexibility index (Phi) is 9.63. The fourth-order valence-corrected chi connectivity index (χ4v) is 2.69. The molecule has 0 aromatic heterocycles. The topological polar surface area (TPSA) is 61.6 Å². The maximum Gasteiger partial charge on any atom is 0.234 e. The molecule has 5 heteroatoms. The van der Waals surface area contributed by atoms with E-state index in [1.54, 1.807) is 0 Å².